The fourth-order valence-corrected chi connectivity index (χ4v) is 3.08. The number of amides is 1. The van der Waals surface area contributed by atoms with E-state index in [1.165, 1.54) is 12.5 Å². The van der Waals surface area contributed by atoms with Crippen molar-refractivity contribution in [1.29, 1.82) is 0 Å². The summed E-state index contributed by atoms with van der Waals surface area (Å²) in [6.07, 6.45) is 9.16. The number of furan rings is 1. The van der Waals surface area contributed by atoms with Crippen molar-refractivity contribution in [1.82, 2.24) is 10.2 Å². The van der Waals surface area contributed by atoms with Crippen LogP contribution in [0.2, 0.25) is 0 Å². The maximum Gasteiger partial charge on any atom is 0.257 e. The first-order valence-electron chi connectivity index (χ1n) is 8.62. The van der Waals surface area contributed by atoms with Gasteiger partial charge in [0.15, 0.2) is 0 Å². The van der Waals surface area contributed by atoms with Crippen molar-refractivity contribution < 1.29 is 13.9 Å². The molecule has 0 radical (unpaired) electrons. The number of carbonyl (C=O) groups excluding carboxylic acids is 1. The molecular weight excluding hydrogens is 316 g/mol. The number of hydrogen-bond acceptors (Lipinski definition) is 4. The van der Waals surface area contributed by atoms with Crippen molar-refractivity contribution >= 4 is 12.0 Å². The van der Waals surface area contributed by atoms with Crippen molar-refractivity contribution in [3.8, 4) is 5.75 Å². The number of piperidine rings is 1. The number of hydrogen-bond donors (Lipinski definition) is 1. The van der Waals surface area contributed by atoms with E-state index in [1.54, 1.807) is 13.2 Å². The van der Waals surface area contributed by atoms with Crippen molar-refractivity contribution in [3.05, 3.63) is 60.1 Å². The summed E-state index contributed by atoms with van der Waals surface area (Å²) in [5.41, 5.74) is 1.71. The largest absolute Gasteiger partial charge is 0.496 e. The predicted octanol–water partition coefficient (Wildman–Crippen LogP) is 3.20. The Bertz CT molecular complexity index is 701. The summed E-state index contributed by atoms with van der Waals surface area (Å²) in [7, 11) is 1.68. The second kappa shape index (κ2) is 8.53. The number of rotatable bonds is 6. The maximum absolute atomic E-state index is 12.3. The highest BCUT2D eigenvalue weighted by Gasteiger charge is 2.23. The van der Waals surface area contributed by atoms with Gasteiger partial charge in [-0.05, 0) is 25.0 Å². The molecule has 1 N–H and O–H groups in total. The molecule has 25 heavy (non-hydrogen) atoms. The molecule has 1 aliphatic rings. The molecule has 0 unspecified atom stereocenters. The van der Waals surface area contributed by atoms with Crippen LogP contribution in [0.3, 0.4) is 0 Å². The van der Waals surface area contributed by atoms with Crippen LogP contribution in [-0.4, -0.2) is 43.6 Å². The zero-order valence-electron chi connectivity index (χ0n) is 14.5. The van der Waals surface area contributed by atoms with E-state index in [9.17, 15) is 4.79 Å². The lowest BCUT2D eigenvalue weighted by molar-refractivity contribution is 0.0705. The van der Waals surface area contributed by atoms with Gasteiger partial charge in [-0.15, -0.1) is 0 Å². The Morgan fingerprint density at radius 1 is 1.32 bits per heavy atom. The Labute approximate surface area is 148 Å². The van der Waals surface area contributed by atoms with Gasteiger partial charge in [-0.2, -0.15) is 0 Å². The van der Waals surface area contributed by atoms with Crippen LogP contribution in [-0.2, 0) is 0 Å². The van der Waals surface area contributed by atoms with Crippen LogP contribution in [0.5, 0.6) is 5.75 Å². The number of nitrogens with zero attached hydrogens (tertiary/aromatic N) is 1. The molecule has 1 aromatic heterocycles. The van der Waals surface area contributed by atoms with E-state index in [-0.39, 0.29) is 5.91 Å². The molecule has 5 nitrogen and oxygen atoms in total. The molecule has 3 rings (SSSR count). The maximum atomic E-state index is 12.3. The summed E-state index contributed by atoms with van der Waals surface area (Å²) < 4.78 is 10.3. The molecular formula is C20H24N2O3. The van der Waals surface area contributed by atoms with E-state index >= 15 is 0 Å². The number of benzene rings is 1. The van der Waals surface area contributed by atoms with E-state index < -0.39 is 0 Å². The summed E-state index contributed by atoms with van der Waals surface area (Å²) in [5, 5.41) is 3.54. The number of carbonyl (C=O) groups is 1. The first-order chi connectivity index (χ1) is 12.3. The second-order valence-electron chi connectivity index (χ2n) is 6.13. The third-order valence-electron chi connectivity index (χ3n) is 4.51. The molecule has 0 bridgehead atoms. The average Bonchev–Trinajstić information content (AvgIpc) is 3.20. The van der Waals surface area contributed by atoms with Crippen LogP contribution in [0, 0.1) is 0 Å². The Hall–Kier alpha value is -2.53. The first kappa shape index (κ1) is 17.3. The molecule has 132 valence electrons. The van der Waals surface area contributed by atoms with Gasteiger partial charge in [0.05, 0.1) is 18.9 Å². The molecule has 0 saturated carbocycles. The minimum Gasteiger partial charge on any atom is -0.496 e. The van der Waals surface area contributed by atoms with Crippen LogP contribution in [0.15, 0.2) is 53.4 Å². The van der Waals surface area contributed by atoms with Crippen molar-refractivity contribution in [2.45, 2.75) is 18.9 Å². The Morgan fingerprint density at radius 3 is 2.84 bits per heavy atom. The average molecular weight is 340 g/mol. The molecule has 2 heterocycles. The molecule has 0 aliphatic carbocycles. The van der Waals surface area contributed by atoms with Gasteiger partial charge in [0, 0.05) is 31.2 Å². The normalized spacial score (nSPS) is 15.6. The van der Waals surface area contributed by atoms with Crippen LogP contribution >= 0.6 is 0 Å². The van der Waals surface area contributed by atoms with Gasteiger partial charge in [-0.3, -0.25) is 4.79 Å². The molecule has 1 fully saturated rings. The molecule has 0 atom stereocenters. The lowest BCUT2D eigenvalue weighted by Crippen LogP contribution is -2.44. The highest BCUT2D eigenvalue weighted by atomic mass is 16.5. The zero-order chi connectivity index (χ0) is 17.5. The molecule has 1 aromatic carbocycles. The van der Waals surface area contributed by atoms with Gasteiger partial charge in [-0.1, -0.05) is 30.4 Å². The number of para-hydroxylation sites is 1. The third kappa shape index (κ3) is 4.51. The van der Waals surface area contributed by atoms with E-state index in [1.807, 2.05) is 29.2 Å². The minimum atomic E-state index is 0.0586. The van der Waals surface area contributed by atoms with Crippen LogP contribution in [0.25, 0.3) is 6.08 Å². The van der Waals surface area contributed by atoms with Gasteiger partial charge in [0.1, 0.15) is 12.0 Å². The summed E-state index contributed by atoms with van der Waals surface area (Å²) in [4.78, 5) is 14.2. The number of ether oxygens (including phenoxy) is 1. The summed E-state index contributed by atoms with van der Waals surface area (Å²) in [6, 6.07) is 10.1. The lowest BCUT2D eigenvalue weighted by Gasteiger charge is -2.32. The van der Waals surface area contributed by atoms with E-state index in [2.05, 4.69) is 17.5 Å². The number of methoxy groups -OCH3 is 1. The number of likely N-dealkylation sites (tertiary alicyclic amines) is 1. The monoisotopic (exact) mass is 340 g/mol. The zero-order valence-corrected chi connectivity index (χ0v) is 14.5. The van der Waals surface area contributed by atoms with Crippen LogP contribution in [0.1, 0.15) is 28.8 Å². The number of nitrogens with one attached hydrogen (secondary N) is 1. The quantitative estimate of drug-likeness (QED) is 0.877. The Kier molecular flexibility index (Phi) is 5.90. The van der Waals surface area contributed by atoms with E-state index in [0.717, 1.165) is 43.8 Å². The highest BCUT2D eigenvalue weighted by Crippen LogP contribution is 2.18. The van der Waals surface area contributed by atoms with E-state index in [0.29, 0.717) is 11.6 Å². The van der Waals surface area contributed by atoms with Crippen LogP contribution in [0.4, 0.5) is 0 Å². The molecule has 0 spiro atoms. The summed E-state index contributed by atoms with van der Waals surface area (Å²) >= 11 is 0. The highest BCUT2D eigenvalue weighted by molar-refractivity contribution is 5.93. The Morgan fingerprint density at radius 2 is 2.12 bits per heavy atom. The summed E-state index contributed by atoms with van der Waals surface area (Å²) in [5.74, 6) is 0.938. The van der Waals surface area contributed by atoms with Crippen LogP contribution < -0.4 is 10.1 Å². The fraction of sp³-hybridized carbons (Fsp3) is 0.350. The minimum absolute atomic E-state index is 0.0586. The molecule has 2 aromatic rings. The van der Waals surface area contributed by atoms with Gasteiger partial charge in [0.2, 0.25) is 0 Å². The van der Waals surface area contributed by atoms with Crippen molar-refractivity contribution in [3.63, 3.8) is 0 Å². The summed E-state index contributed by atoms with van der Waals surface area (Å²) in [6.45, 7) is 2.36. The van der Waals surface area contributed by atoms with Gasteiger partial charge < -0.3 is 19.4 Å². The topological polar surface area (TPSA) is 54.7 Å². The first-order valence-corrected chi connectivity index (χ1v) is 8.62. The standard InChI is InChI=1S/C20H24N2O3/c1-24-19-7-3-2-5-16(19)6-4-11-21-18-8-12-22(13-9-18)20(23)17-10-14-25-15-17/h2-7,10,14-15,18,21H,8-9,11-13H2,1H3/b6-4+. The molecule has 5 heteroatoms. The predicted molar refractivity (Wildman–Crippen MR) is 97.7 cm³/mol. The van der Waals surface area contributed by atoms with Gasteiger partial charge >= 0.3 is 0 Å². The smallest absolute Gasteiger partial charge is 0.257 e. The van der Waals surface area contributed by atoms with Crippen molar-refractivity contribution in [2.24, 2.45) is 0 Å². The second-order valence-corrected chi connectivity index (χ2v) is 6.13. The van der Waals surface area contributed by atoms with Gasteiger partial charge in [0.25, 0.3) is 5.91 Å². The third-order valence-corrected chi connectivity index (χ3v) is 4.51. The van der Waals surface area contributed by atoms with Crippen molar-refractivity contribution in [2.75, 3.05) is 26.7 Å². The Balaban J connectivity index is 1.42. The lowest BCUT2D eigenvalue weighted by atomic mass is 10.0. The molecule has 1 aliphatic heterocycles. The molecule has 1 saturated heterocycles. The van der Waals surface area contributed by atoms with E-state index in [4.69, 9.17) is 9.15 Å². The van der Waals surface area contributed by atoms with Gasteiger partial charge in [-0.25, -0.2) is 0 Å². The SMILES string of the molecule is COc1ccccc1/C=C/CNC1CCN(C(=O)c2ccoc2)CC1. The fourth-order valence-electron chi connectivity index (χ4n) is 3.08. The molecule has 1 amide bonds.